The lowest BCUT2D eigenvalue weighted by Crippen LogP contribution is -2.11. The van der Waals surface area contributed by atoms with Crippen LogP contribution < -0.4 is 19.9 Å². The molecule has 130 valence electrons. The van der Waals surface area contributed by atoms with Crippen molar-refractivity contribution in [1.29, 1.82) is 0 Å². The second-order valence-corrected chi connectivity index (χ2v) is 5.84. The van der Waals surface area contributed by atoms with Crippen molar-refractivity contribution in [2.75, 3.05) is 19.8 Å². The fourth-order valence-electron chi connectivity index (χ4n) is 2.32. The molecule has 5 heteroatoms. The highest BCUT2D eigenvalue weighted by molar-refractivity contribution is 6.32. The summed E-state index contributed by atoms with van der Waals surface area (Å²) in [5, 5.41) is 0.494. The SMILES string of the molecule is CCOc1cc(CN)cc(Cl)c1OCCOc1cccc(C)c1C. The molecule has 0 spiro atoms. The average molecular weight is 350 g/mol. The lowest BCUT2D eigenvalue weighted by atomic mass is 10.1. The molecule has 0 amide bonds. The Balaban J connectivity index is 2.00. The zero-order valence-corrected chi connectivity index (χ0v) is 15.2. The lowest BCUT2D eigenvalue weighted by Gasteiger charge is -2.16. The van der Waals surface area contributed by atoms with Crippen molar-refractivity contribution in [3.63, 3.8) is 0 Å². The maximum Gasteiger partial charge on any atom is 0.179 e. The quantitative estimate of drug-likeness (QED) is 0.723. The van der Waals surface area contributed by atoms with Gasteiger partial charge in [0, 0.05) is 6.54 Å². The molecule has 0 aliphatic carbocycles. The van der Waals surface area contributed by atoms with Crippen LogP contribution in [0.3, 0.4) is 0 Å². The Bertz CT molecular complexity index is 689. The summed E-state index contributed by atoms with van der Waals surface area (Å²) in [6, 6.07) is 9.65. The highest BCUT2D eigenvalue weighted by Crippen LogP contribution is 2.36. The van der Waals surface area contributed by atoms with Gasteiger partial charge in [-0.05, 0) is 55.7 Å². The van der Waals surface area contributed by atoms with Crippen LogP contribution in [-0.2, 0) is 6.54 Å². The first-order valence-electron chi connectivity index (χ1n) is 8.04. The van der Waals surface area contributed by atoms with Gasteiger partial charge in [0.1, 0.15) is 19.0 Å². The summed E-state index contributed by atoms with van der Waals surface area (Å²) >= 11 is 6.29. The Hall–Kier alpha value is -1.91. The number of aryl methyl sites for hydroxylation is 1. The van der Waals surface area contributed by atoms with Gasteiger partial charge in [0.15, 0.2) is 11.5 Å². The third-order valence-electron chi connectivity index (χ3n) is 3.75. The zero-order valence-electron chi connectivity index (χ0n) is 14.4. The van der Waals surface area contributed by atoms with Crippen molar-refractivity contribution in [1.82, 2.24) is 0 Å². The minimum Gasteiger partial charge on any atom is -0.490 e. The molecule has 0 heterocycles. The molecule has 0 atom stereocenters. The van der Waals surface area contributed by atoms with E-state index in [-0.39, 0.29) is 0 Å². The van der Waals surface area contributed by atoms with Gasteiger partial charge in [-0.25, -0.2) is 0 Å². The van der Waals surface area contributed by atoms with Gasteiger partial charge in [-0.15, -0.1) is 0 Å². The number of nitrogens with two attached hydrogens (primary N) is 1. The van der Waals surface area contributed by atoms with Gasteiger partial charge < -0.3 is 19.9 Å². The van der Waals surface area contributed by atoms with Crippen LogP contribution in [0.15, 0.2) is 30.3 Å². The van der Waals surface area contributed by atoms with E-state index < -0.39 is 0 Å². The van der Waals surface area contributed by atoms with Gasteiger partial charge in [0.2, 0.25) is 0 Å². The first-order valence-corrected chi connectivity index (χ1v) is 8.41. The number of rotatable bonds is 8. The maximum absolute atomic E-state index is 6.29. The summed E-state index contributed by atoms with van der Waals surface area (Å²) in [4.78, 5) is 0. The molecule has 4 nitrogen and oxygen atoms in total. The average Bonchev–Trinajstić information content (AvgIpc) is 2.57. The molecule has 0 saturated heterocycles. The highest BCUT2D eigenvalue weighted by Gasteiger charge is 2.12. The van der Waals surface area contributed by atoms with Crippen molar-refractivity contribution in [3.8, 4) is 17.2 Å². The van der Waals surface area contributed by atoms with Crippen LogP contribution >= 0.6 is 11.6 Å². The first kappa shape index (κ1) is 18.4. The van der Waals surface area contributed by atoms with Crippen molar-refractivity contribution < 1.29 is 14.2 Å². The number of benzene rings is 2. The summed E-state index contributed by atoms with van der Waals surface area (Å²) in [6.45, 7) is 7.74. The van der Waals surface area contributed by atoms with Crippen LogP contribution in [0.1, 0.15) is 23.6 Å². The van der Waals surface area contributed by atoms with Crippen LogP contribution in [0, 0.1) is 13.8 Å². The van der Waals surface area contributed by atoms with Crippen LogP contribution in [0.5, 0.6) is 17.2 Å². The fourth-order valence-corrected chi connectivity index (χ4v) is 2.61. The van der Waals surface area contributed by atoms with Crippen molar-refractivity contribution in [2.45, 2.75) is 27.3 Å². The Morgan fingerprint density at radius 2 is 1.75 bits per heavy atom. The topological polar surface area (TPSA) is 53.7 Å². The molecule has 2 N–H and O–H groups in total. The van der Waals surface area contributed by atoms with E-state index in [9.17, 15) is 0 Å². The molecular formula is C19H24ClNO3. The van der Waals surface area contributed by atoms with Crippen molar-refractivity contribution in [3.05, 3.63) is 52.0 Å². The fraction of sp³-hybridized carbons (Fsp3) is 0.368. The molecule has 2 aromatic carbocycles. The predicted octanol–water partition coefficient (Wildman–Crippen LogP) is 4.27. The normalized spacial score (nSPS) is 10.5. The molecule has 0 fully saturated rings. The Morgan fingerprint density at radius 1 is 1.00 bits per heavy atom. The van der Waals surface area contributed by atoms with E-state index in [2.05, 4.69) is 13.0 Å². The first-order chi connectivity index (χ1) is 11.6. The zero-order chi connectivity index (χ0) is 17.5. The number of ether oxygens (including phenoxy) is 3. The number of hydrogen-bond donors (Lipinski definition) is 1. The van der Waals surface area contributed by atoms with Gasteiger partial charge >= 0.3 is 0 Å². The molecule has 24 heavy (non-hydrogen) atoms. The summed E-state index contributed by atoms with van der Waals surface area (Å²) in [5.74, 6) is 2.01. The molecule has 0 aliphatic heterocycles. The maximum atomic E-state index is 6.29. The molecule has 2 aromatic rings. The predicted molar refractivity (Wildman–Crippen MR) is 97.4 cm³/mol. The third-order valence-corrected chi connectivity index (χ3v) is 4.03. The van der Waals surface area contributed by atoms with E-state index in [0.29, 0.717) is 42.9 Å². The molecule has 0 radical (unpaired) electrons. The summed E-state index contributed by atoms with van der Waals surface area (Å²) < 4.78 is 17.2. The van der Waals surface area contributed by atoms with E-state index in [0.717, 1.165) is 16.9 Å². The van der Waals surface area contributed by atoms with E-state index in [1.807, 2.05) is 32.0 Å². The standard InChI is InChI=1S/C19H24ClNO3/c1-4-22-18-11-15(12-21)10-16(20)19(18)24-9-8-23-17-7-5-6-13(2)14(17)3/h5-7,10-11H,4,8-9,12,21H2,1-3H3. The largest absolute Gasteiger partial charge is 0.490 e. The van der Waals surface area contributed by atoms with E-state index in [1.165, 1.54) is 5.56 Å². The van der Waals surface area contributed by atoms with E-state index in [1.54, 1.807) is 6.07 Å². The summed E-state index contributed by atoms with van der Waals surface area (Å²) in [7, 11) is 0. The number of hydrogen-bond acceptors (Lipinski definition) is 4. The van der Waals surface area contributed by atoms with Gasteiger partial charge in [-0.1, -0.05) is 23.7 Å². The molecule has 0 unspecified atom stereocenters. The van der Waals surface area contributed by atoms with Gasteiger partial charge in [-0.3, -0.25) is 0 Å². The Labute approximate surface area is 148 Å². The van der Waals surface area contributed by atoms with Crippen LogP contribution in [0.25, 0.3) is 0 Å². The monoisotopic (exact) mass is 349 g/mol. The molecule has 0 aromatic heterocycles. The Morgan fingerprint density at radius 3 is 2.46 bits per heavy atom. The van der Waals surface area contributed by atoms with E-state index in [4.69, 9.17) is 31.5 Å². The Kier molecular flexibility index (Phi) is 6.76. The van der Waals surface area contributed by atoms with Gasteiger partial charge in [0.25, 0.3) is 0 Å². The number of halogens is 1. The molecule has 0 aliphatic rings. The molecule has 0 bridgehead atoms. The molecule has 2 rings (SSSR count). The minimum atomic E-state index is 0.370. The van der Waals surface area contributed by atoms with Gasteiger partial charge in [-0.2, -0.15) is 0 Å². The van der Waals surface area contributed by atoms with Crippen LogP contribution in [0.2, 0.25) is 5.02 Å². The summed E-state index contributed by atoms with van der Waals surface area (Å²) in [6.07, 6.45) is 0. The lowest BCUT2D eigenvalue weighted by molar-refractivity contribution is 0.207. The smallest absolute Gasteiger partial charge is 0.179 e. The minimum absolute atomic E-state index is 0.370. The van der Waals surface area contributed by atoms with Crippen LogP contribution in [0.4, 0.5) is 0 Å². The molecular weight excluding hydrogens is 326 g/mol. The molecule has 0 saturated carbocycles. The van der Waals surface area contributed by atoms with Crippen molar-refractivity contribution >= 4 is 11.6 Å². The highest BCUT2D eigenvalue weighted by atomic mass is 35.5. The second kappa shape index (κ2) is 8.81. The third kappa shape index (κ3) is 4.56. The van der Waals surface area contributed by atoms with Crippen LogP contribution in [-0.4, -0.2) is 19.8 Å². The second-order valence-electron chi connectivity index (χ2n) is 5.44. The summed E-state index contributed by atoms with van der Waals surface area (Å²) in [5.41, 5.74) is 8.91. The van der Waals surface area contributed by atoms with E-state index >= 15 is 0 Å². The van der Waals surface area contributed by atoms with Gasteiger partial charge in [0.05, 0.1) is 11.6 Å². The van der Waals surface area contributed by atoms with Crippen molar-refractivity contribution in [2.24, 2.45) is 5.73 Å².